The fourth-order valence-corrected chi connectivity index (χ4v) is 1.63. The minimum absolute atomic E-state index is 0.847. The molecular weight excluding hydrogens is 174 g/mol. The molecule has 14 heavy (non-hydrogen) atoms. The van der Waals surface area contributed by atoms with Gasteiger partial charge in [-0.15, -0.1) is 6.58 Å². The Bertz CT molecular complexity index is 204. The molecule has 0 aliphatic carbocycles. The van der Waals surface area contributed by atoms with E-state index in [0.29, 0.717) is 0 Å². The van der Waals surface area contributed by atoms with Crippen molar-refractivity contribution in [2.24, 2.45) is 0 Å². The highest BCUT2D eigenvalue weighted by molar-refractivity contribution is 4.96. The Morgan fingerprint density at radius 3 is 2.43 bits per heavy atom. The van der Waals surface area contributed by atoms with Crippen LogP contribution >= 0.6 is 0 Å². The van der Waals surface area contributed by atoms with Crippen molar-refractivity contribution in [3.8, 4) is 0 Å². The molecule has 0 bridgehead atoms. The van der Waals surface area contributed by atoms with Crippen LogP contribution in [0.3, 0.4) is 0 Å². The maximum atomic E-state index is 5.30. The van der Waals surface area contributed by atoms with Crippen molar-refractivity contribution in [3.63, 3.8) is 0 Å². The molecule has 1 rings (SSSR count). The van der Waals surface area contributed by atoms with E-state index in [4.69, 9.17) is 4.74 Å². The van der Waals surface area contributed by atoms with E-state index >= 15 is 0 Å². The highest BCUT2D eigenvalue weighted by Gasteiger charge is 2.11. The van der Waals surface area contributed by atoms with Gasteiger partial charge >= 0.3 is 0 Å². The Morgan fingerprint density at radius 2 is 1.86 bits per heavy atom. The van der Waals surface area contributed by atoms with Crippen LogP contribution in [0.2, 0.25) is 0 Å². The summed E-state index contributed by atoms with van der Waals surface area (Å²) in [5.41, 5.74) is 2.52. The largest absolute Gasteiger partial charge is 0.378 e. The molecule has 1 aliphatic rings. The van der Waals surface area contributed by atoms with Gasteiger partial charge < -0.3 is 9.64 Å². The first-order valence-corrected chi connectivity index (χ1v) is 5.35. The summed E-state index contributed by atoms with van der Waals surface area (Å²) >= 11 is 0. The molecule has 80 valence electrons. The lowest BCUT2D eigenvalue weighted by Crippen LogP contribution is -2.35. The highest BCUT2D eigenvalue weighted by atomic mass is 16.5. The Labute approximate surface area is 87.2 Å². The van der Waals surface area contributed by atoms with Crippen LogP contribution in [0.4, 0.5) is 0 Å². The van der Waals surface area contributed by atoms with Gasteiger partial charge in [0.05, 0.1) is 13.2 Å². The lowest BCUT2D eigenvalue weighted by Gasteiger charge is -2.30. The Kier molecular flexibility index (Phi) is 4.74. The van der Waals surface area contributed by atoms with Crippen LogP contribution in [-0.4, -0.2) is 31.2 Å². The van der Waals surface area contributed by atoms with Crippen molar-refractivity contribution in [1.29, 1.82) is 0 Å². The van der Waals surface area contributed by atoms with Crippen molar-refractivity contribution in [2.75, 3.05) is 26.3 Å². The molecule has 0 aromatic carbocycles. The molecule has 2 heteroatoms. The minimum atomic E-state index is 0.847. The van der Waals surface area contributed by atoms with Crippen molar-refractivity contribution in [2.45, 2.75) is 26.2 Å². The second-order valence-electron chi connectivity index (χ2n) is 3.98. The lowest BCUT2D eigenvalue weighted by molar-refractivity contribution is 0.0522. The first-order valence-electron chi connectivity index (χ1n) is 5.35. The normalized spacial score (nSPS) is 16.8. The Balaban J connectivity index is 2.16. The van der Waals surface area contributed by atoms with Gasteiger partial charge in [0.25, 0.3) is 0 Å². The summed E-state index contributed by atoms with van der Waals surface area (Å²) in [5.74, 6) is 0. The van der Waals surface area contributed by atoms with Gasteiger partial charge in [0, 0.05) is 18.8 Å². The molecule has 0 saturated carbocycles. The SMILES string of the molecule is C=C(C)CCCC(=C)N1CCOCC1. The molecule has 0 unspecified atom stereocenters. The molecule has 0 N–H and O–H groups in total. The lowest BCUT2D eigenvalue weighted by atomic mass is 10.1. The average molecular weight is 195 g/mol. The summed E-state index contributed by atoms with van der Waals surface area (Å²) in [7, 11) is 0. The van der Waals surface area contributed by atoms with Crippen LogP contribution < -0.4 is 0 Å². The second kappa shape index (κ2) is 5.86. The van der Waals surface area contributed by atoms with Crippen LogP contribution in [0.5, 0.6) is 0 Å². The first-order chi connectivity index (χ1) is 6.70. The monoisotopic (exact) mass is 195 g/mol. The first kappa shape index (κ1) is 11.3. The van der Waals surface area contributed by atoms with Crippen molar-refractivity contribution in [1.82, 2.24) is 4.90 Å². The molecule has 0 spiro atoms. The van der Waals surface area contributed by atoms with Gasteiger partial charge in [0.1, 0.15) is 0 Å². The van der Waals surface area contributed by atoms with E-state index in [1.807, 2.05) is 0 Å². The number of morpholine rings is 1. The molecule has 0 amide bonds. The predicted octanol–water partition coefficient (Wildman–Crippen LogP) is 2.58. The summed E-state index contributed by atoms with van der Waals surface area (Å²) in [6.45, 7) is 13.8. The topological polar surface area (TPSA) is 12.5 Å². The van der Waals surface area contributed by atoms with Gasteiger partial charge in [-0.05, 0) is 26.2 Å². The maximum absolute atomic E-state index is 5.30. The Morgan fingerprint density at radius 1 is 1.21 bits per heavy atom. The van der Waals surface area contributed by atoms with Crippen LogP contribution in [0.15, 0.2) is 24.4 Å². The van der Waals surface area contributed by atoms with Gasteiger partial charge in [-0.25, -0.2) is 0 Å². The van der Waals surface area contributed by atoms with E-state index in [2.05, 4.69) is 25.0 Å². The number of hydrogen-bond acceptors (Lipinski definition) is 2. The molecule has 1 aliphatic heterocycles. The zero-order valence-electron chi connectivity index (χ0n) is 9.22. The smallest absolute Gasteiger partial charge is 0.0642 e. The number of allylic oxidation sites excluding steroid dienone is 2. The number of rotatable bonds is 5. The molecule has 0 aromatic heterocycles. The molecule has 1 heterocycles. The van der Waals surface area contributed by atoms with Crippen LogP contribution in [-0.2, 0) is 4.74 Å². The van der Waals surface area contributed by atoms with Gasteiger partial charge in [-0.1, -0.05) is 12.2 Å². The summed E-state index contributed by atoms with van der Waals surface area (Å²) in [6.07, 6.45) is 3.38. The summed E-state index contributed by atoms with van der Waals surface area (Å²) < 4.78 is 5.30. The number of ether oxygens (including phenoxy) is 1. The summed E-state index contributed by atoms with van der Waals surface area (Å²) in [4.78, 5) is 2.34. The molecule has 0 atom stereocenters. The fourth-order valence-electron chi connectivity index (χ4n) is 1.63. The van der Waals surface area contributed by atoms with Crippen molar-refractivity contribution >= 4 is 0 Å². The number of nitrogens with zero attached hydrogens (tertiary/aromatic N) is 1. The second-order valence-corrected chi connectivity index (χ2v) is 3.98. The van der Waals surface area contributed by atoms with Crippen molar-refractivity contribution in [3.05, 3.63) is 24.4 Å². The molecule has 1 saturated heterocycles. The van der Waals surface area contributed by atoms with E-state index in [1.54, 1.807) is 0 Å². The third-order valence-electron chi connectivity index (χ3n) is 2.53. The third kappa shape index (κ3) is 3.97. The molecule has 2 nitrogen and oxygen atoms in total. The van der Waals surface area contributed by atoms with Crippen LogP contribution in [0, 0.1) is 0 Å². The third-order valence-corrected chi connectivity index (χ3v) is 2.53. The summed E-state index contributed by atoms with van der Waals surface area (Å²) in [6, 6.07) is 0. The van der Waals surface area contributed by atoms with E-state index < -0.39 is 0 Å². The van der Waals surface area contributed by atoms with Gasteiger partial charge in [-0.3, -0.25) is 0 Å². The standard InChI is InChI=1S/C12H21NO/c1-11(2)5-4-6-12(3)13-7-9-14-10-8-13/h1,3-10H2,2H3. The van der Waals surface area contributed by atoms with Crippen LogP contribution in [0.1, 0.15) is 26.2 Å². The van der Waals surface area contributed by atoms with E-state index in [-0.39, 0.29) is 0 Å². The van der Waals surface area contributed by atoms with Crippen molar-refractivity contribution < 1.29 is 4.74 Å². The molecule has 0 aromatic rings. The van der Waals surface area contributed by atoms with Gasteiger partial charge in [-0.2, -0.15) is 0 Å². The van der Waals surface area contributed by atoms with Gasteiger partial charge in [0.2, 0.25) is 0 Å². The van der Waals surface area contributed by atoms with E-state index in [9.17, 15) is 0 Å². The molecule has 1 fully saturated rings. The van der Waals surface area contributed by atoms with Gasteiger partial charge in [0.15, 0.2) is 0 Å². The predicted molar refractivity (Wildman–Crippen MR) is 60.2 cm³/mol. The zero-order valence-corrected chi connectivity index (χ0v) is 9.22. The van der Waals surface area contributed by atoms with E-state index in [1.165, 1.54) is 17.7 Å². The minimum Gasteiger partial charge on any atom is -0.378 e. The highest BCUT2D eigenvalue weighted by Crippen LogP contribution is 2.14. The summed E-state index contributed by atoms with van der Waals surface area (Å²) in [5, 5.41) is 0. The van der Waals surface area contributed by atoms with Crippen LogP contribution in [0.25, 0.3) is 0 Å². The fraction of sp³-hybridized carbons (Fsp3) is 0.667. The Hall–Kier alpha value is -0.760. The zero-order chi connectivity index (χ0) is 10.4. The maximum Gasteiger partial charge on any atom is 0.0642 e. The van der Waals surface area contributed by atoms with E-state index in [0.717, 1.165) is 39.1 Å². The molecule has 0 radical (unpaired) electrons. The molecular formula is C12H21NO. The average Bonchev–Trinajstić information content (AvgIpc) is 2.18. The quantitative estimate of drug-likeness (QED) is 0.625. The number of hydrogen-bond donors (Lipinski definition) is 0.